The van der Waals surface area contributed by atoms with Gasteiger partial charge in [0, 0.05) is 0 Å². The van der Waals surface area contributed by atoms with E-state index in [4.69, 9.17) is 0 Å². The van der Waals surface area contributed by atoms with Gasteiger partial charge in [0.1, 0.15) is 0 Å². The Hall–Kier alpha value is -0.260. The summed E-state index contributed by atoms with van der Waals surface area (Å²) in [6, 6.07) is 0. The molecule has 0 saturated carbocycles. The van der Waals surface area contributed by atoms with E-state index in [0.29, 0.717) is 0 Å². The van der Waals surface area contributed by atoms with E-state index in [1.165, 1.54) is 32.1 Å². The van der Waals surface area contributed by atoms with Gasteiger partial charge in [-0.1, -0.05) is 38.3 Å². The maximum atomic E-state index is 3.73. The largest absolute Gasteiger partial charge is 0.0885 e. The van der Waals surface area contributed by atoms with Crippen LogP contribution in [-0.2, 0) is 0 Å². The van der Waals surface area contributed by atoms with Crippen molar-refractivity contribution in [2.24, 2.45) is 0 Å². The Morgan fingerprint density at radius 3 is 2.50 bits per heavy atom. The molecule has 0 bridgehead atoms. The maximum absolute atomic E-state index is 3.73. The molecule has 0 aromatic rings. The lowest BCUT2D eigenvalue weighted by molar-refractivity contribution is 0.674. The van der Waals surface area contributed by atoms with Gasteiger partial charge in [0.05, 0.1) is 0 Å². The quantitative estimate of drug-likeness (QED) is 0.388. The van der Waals surface area contributed by atoms with Gasteiger partial charge in [-0.15, -0.1) is 0 Å². The van der Waals surface area contributed by atoms with Crippen LogP contribution < -0.4 is 0 Å². The Balaban J connectivity index is 2.83. The highest BCUT2D eigenvalue weighted by Crippen LogP contribution is 2.02. The zero-order chi connectivity index (χ0) is 7.66. The van der Waals surface area contributed by atoms with Gasteiger partial charge in [-0.05, 0) is 26.2 Å². The second kappa shape index (κ2) is 8.74. The van der Waals surface area contributed by atoms with Gasteiger partial charge < -0.3 is 0 Å². The van der Waals surface area contributed by atoms with Gasteiger partial charge in [-0.25, -0.2) is 0 Å². The number of unbranched alkanes of at least 4 members (excludes halogenated alkanes) is 4. The zero-order valence-corrected chi connectivity index (χ0v) is 7.10. The summed E-state index contributed by atoms with van der Waals surface area (Å²) in [7, 11) is 0. The van der Waals surface area contributed by atoms with Crippen LogP contribution in [0.4, 0.5) is 0 Å². The number of hydrogen-bond donors (Lipinski definition) is 0. The van der Waals surface area contributed by atoms with Crippen LogP contribution in [0, 0.1) is 6.92 Å². The highest BCUT2D eigenvalue weighted by Gasteiger charge is 1.82. The lowest BCUT2D eigenvalue weighted by Gasteiger charge is -1.92. The zero-order valence-electron chi connectivity index (χ0n) is 7.10. The van der Waals surface area contributed by atoms with E-state index in [-0.39, 0.29) is 0 Å². The number of allylic oxidation sites excluding steroid dienone is 2. The molecule has 10 heavy (non-hydrogen) atoms. The number of rotatable bonds is 6. The van der Waals surface area contributed by atoms with Gasteiger partial charge in [0.2, 0.25) is 0 Å². The van der Waals surface area contributed by atoms with Crippen molar-refractivity contribution in [2.75, 3.05) is 0 Å². The molecule has 0 heteroatoms. The molecule has 0 nitrogen and oxygen atoms in total. The molecule has 1 radical (unpaired) electrons. The van der Waals surface area contributed by atoms with Crippen LogP contribution in [0.15, 0.2) is 12.2 Å². The van der Waals surface area contributed by atoms with Crippen LogP contribution in [0.3, 0.4) is 0 Å². The molecule has 0 saturated heterocycles. The van der Waals surface area contributed by atoms with E-state index in [2.05, 4.69) is 26.0 Å². The molecule has 0 spiro atoms. The predicted molar refractivity (Wildman–Crippen MR) is 47.9 cm³/mol. The minimum Gasteiger partial charge on any atom is -0.0885 e. The normalized spacial score (nSPS) is 11.0. The SMILES string of the molecule is [CH2]CC=CCCCCCC. The highest BCUT2D eigenvalue weighted by molar-refractivity contribution is 4.81. The average molecular weight is 139 g/mol. The van der Waals surface area contributed by atoms with Crippen molar-refractivity contribution in [3.05, 3.63) is 19.1 Å². The average Bonchev–Trinajstić information content (AvgIpc) is 1.97. The van der Waals surface area contributed by atoms with Gasteiger partial charge in [0.15, 0.2) is 0 Å². The fourth-order valence-corrected chi connectivity index (χ4v) is 0.925. The first kappa shape index (κ1) is 9.74. The van der Waals surface area contributed by atoms with Crippen LogP contribution in [-0.4, -0.2) is 0 Å². The molecule has 0 aromatic carbocycles. The third kappa shape index (κ3) is 7.74. The van der Waals surface area contributed by atoms with Gasteiger partial charge >= 0.3 is 0 Å². The van der Waals surface area contributed by atoms with E-state index in [1.54, 1.807) is 0 Å². The molecule has 0 heterocycles. The summed E-state index contributed by atoms with van der Waals surface area (Å²) >= 11 is 0. The molecule has 0 aliphatic rings. The molecule has 59 valence electrons. The monoisotopic (exact) mass is 139 g/mol. The van der Waals surface area contributed by atoms with Gasteiger partial charge in [-0.2, -0.15) is 0 Å². The van der Waals surface area contributed by atoms with Crippen molar-refractivity contribution in [2.45, 2.75) is 45.4 Å². The third-order valence-corrected chi connectivity index (χ3v) is 1.56. The first-order chi connectivity index (χ1) is 4.91. The van der Waals surface area contributed by atoms with E-state index in [1.807, 2.05) is 0 Å². The summed E-state index contributed by atoms with van der Waals surface area (Å²) < 4.78 is 0. The highest BCUT2D eigenvalue weighted by atomic mass is 13.9. The van der Waals surface area contributed by atoms with Crippen LogP contribution in [0.2, 0.25) is 0 Å². The predicted octanol–water partition coefficient (Wildman–Crippen LogP) is 3.74. The molecule has 0 rings (SSSR count). The second-order valence-electron chi connectivity index (χ2n) is 2.61. The molecular formula is C10H19. The summed E-state index contributed by atoms with van der Waals surface area (Å²) in [5.41, 5.74) is 0. The Bertz CT molecular complexity index is 72.1. The van der Waals surface area contributed by atoms with Crippen molar-refractivity contribution < 1.29 is 0 Å². The van der Waals surface area contributed by atoms with Crippen molar-refractivity contribution in [1.29, 1.82) is 0 Å². The Labute approximate surface area is 65.3 Å². The molecule has 0 aliphatic heterocycles. The minimum absolute atomic E-state index is 0.938. The van der Waals surface area contributed by atoms with Crippen molar-refractivity contribution in [1.82, 2.24) is 0 Å². The molecule has 0 amide bonds. The topological polar surface area (TPSA) is 0 Å². The van der Waals surface area contributed by atoms with E-state index in [0.717, 1.165) is 6.42 Å². The first-order valence-electron chi connectivity index (χ1n) is 4.36. The van der Waals surface area contributed by atoms with E-state index in [9.17, 15) is 0 Å². The summed E-state index contributed by atoms with van der Waals surface area (Å²) in [6.07, 6.45) is 12.0. The lowest BCUT2D eigenvalue weighted by Crippen LogP contribution is -1.73. The van der Waals surface area contributed by atoms with Crippen LogP contribution in [0.5, 0.6) is 0 Å². The molecule has 0 unspecified atom stereocenters. The van der Waals surface area contributed by atoms with Crippen molar-refractivity contribution in [3.63, 3.8) is 0 Å². The summed E-state index contributed by atoms with van der Waals surface area (Å²) in [4.78, 5) is 0. The van der Waals surface area contributed by atoms with Crippen LogP contribution >= 0.6 is 0 Å². The molecule has 0 fully saturated rings. The molecule has 0 aliphatic carbocycles. The minimum atomic E-state index is 0.938. The van der Waals surface area contributed by atoms with Gasteiger partial charge in [-0.3, -0.25) is 0 Å². The second-order valence-corrected chi connectivity index (χ2v) is 2.61. The van der Waals surface area contributed by atoms with E-state index >= 15 is 0 Å². The van der Waals surface area contributed by atoms with Crippen molar-refractivity contribution in [3.8, 4) is 0 Å². The third-order valence-electron chi connectivity index (χ3n) is 1.56. The standard InChI is InChI=1S/C10H19/c1-3-5-7-9-10-8-6-4-2/h5,7H,1,3-4,6,8-10H2,2H3. The van der Waals surface area contributed by atoms with Gasteiger partial charge in [0.25, 0.3) is 0 Å². The summed E-state index contributed by atoms with van der Waals surface area (Å²) in [5.74, 6) is 0. The Morgan fingerprint density at radius 2 is 1.90 bits per heavy atom. The van der Waals surface area contributed by atoms with Crippen molar-refractivity contribution >= 4 is 0 Å². The molecule has 0 aromatic heterocycles. The summed E-state index contributed by atoms with van der Waals surface area (Å²) in [6.45, 7) is 5.97. The molecule has 0 N–H and O–H groups in total. The number of hydrogen-bond acceptors (Lipinski definition) is 0. The maximum Gasteiger partial charge on any atom is -0.0351 e. The first-order valence-corrected chi connectivity index (χ1v) is 4.36. The fourth-order valence-electron chi connectivity index (χ4n) is 0.925. The fraction of sp³-hybridized carbons (Fsp3) is 0.700. The summed E-state index contributed by atoms with van der Waals surface area (Å²) in [5, 5.41) is 0. The molecule has 0 atom stereocenters. The molecular weight excluding hydrogens is 120 g/mol. The smallest absolute Gasteiger partial charge is 0.0351 e. The van der Waals surface area contributed by atoms with E-state index < -0.39 is 0 Å². The lowest BCUT2D eigenvalue weighted by atomic mass is 10.1. The Kier molecular flexibility index (Phi) is 8.51. The van der Waals surface area contributed by atoms with Crippen LogP contribution in [0.25, 0.3) is 0 Å². The Morgan fingerprint density at radius 1 is 1.10 bits per heavy atom. The van der Waals surface area contributed by atoms with Crippen LogP contribution in [0.1, 0.15) is 45.4 Å².